The van der Waals surface area contributed by atoms with Gasteiger partial charge in [0.1, 0.15) is 0 Å². The van der Waals surface area contributed by atoms with Crippen molar-refractivity contribution in [1.29, 1.82) is 0 Å². The second-order valence-corrected chi connectivity index (χ2v) is 10.3. The summed E-state index contributed by atoms with van der Waals surface area (Å²) in [5.74, 6) is 0.739. The first-order valence-corrected chi connectivity index (χ1v) is 8.34. The Labute approximate surface area is 78.5 Å². The van der Waals surface area contributed by atoms with Crippen molar-refractivity contribution >= 4 is 8.07 Å². The smallest absolute Gasteiger partial charge is 0.0503 e. The van der Waals surface area contributed by atoms with Crippen LogP contribution in [-0.4, -0.2) is 21.3 Å². The Bertz CT molecular complexity index is 115. The lowest BCUT2D eigenvalue weighted by Gasteiger charge is -2.31. The van der Waals surface area contributed by atoms with E-state index in [4.69, 9.17) is 4.74 Å². The average molecular weight is 187 g/mol. The molecule has 0 saturated heterocycles. The van der Waals surface area contributed by atoms with Crippen LogP contribution >= 0.6 is 0 Å². The van der Waals surface area contributed by atoms with E-state index < -0.39 is 8.07 Å². The molecule has 1 atom stereocenters. The molecule has 0 N–H and O–H groups in total. The number of rotatable bonds is 5. The highest BCUT2D eigenvalue weighted by Gasteiger charge is 2.28. The minimum atomic E-state index is -1.04. The van der Waals surface area contributed by atoms with E-state index in [0.717, 1.165) is 18.1 Å². The Hall–Kier alpha value is 0.177. The molecule has 0 fully saturated rings. The molecule has 0 amide bonds. The molecular formula is C10H23OSi. The van der Waals surface area contributed by atoms with E-state index in [9.17, 15) is 0 Å². The van der Waals surface area contributed by atoms with Crippen molar-refractivity contribution in [1.82, 2.24) is 0 Å². The van der Waals surface area contributed by atoms with Crippen molar-refractivity contribution in [2.75, 3.05) is 13.2 Å². The lowest BCUT2D eigenvalue weighted by molar-refractivity contribution is 0.146. The lowest BCUT2D eigenvalue weighted by atomic mass is 10.1. The Kier molecular flexibility index (Phi) is 5.10. The standard InChI is InChI=1S/C10H23OSi/c1-7-11-8-10(9(2)3)12(4,5)6/h9-10H,1,7-8H2,2-6H3. The summed E-state index contributed by atoms with van der Waals surface area (Å²) in [6.45, 7) is 17.0. The maximum atomic E-state index is 5.41. The van der Waals surface area contributed by atoms with Gasteiger partial charge in [-0.3, -0.25) is 0 Å². The van der Waals surface area contributed by atoms with Gasteiger partial charge in [-0.25, -0.2) is 0 Å². The van der Waals surface area contributed by atoms with Gasteiger partial charge in [0.25, 0.3) is 0 Å². The summed E-state index contributed by atoms with van der Waals surface area (Å²) in [5.41, 5.74) is 0.763. The summed E-state index contributed by atoms with van der Waals surface area (Å²) in [5, 5.41) is 0. The topological polar surface area (TPSA) is 9.23 Å². The molecule has 2 heteroatoms. The summed E-state index contributed by atoms with van der Waals surface area (Å²) < 4.78 is 5.41. The van der Waals surface area contributed by atoms with Crippen LogP contribution in [-0.2, 0) is 4.74 Å². The van der Waals surface area contributed by atoms with Crippen molar-refractivity contribution in [3.05, 3.63) is 6.92 Å². The maximum absolute atomic E-state index is 5.41. The quantitative estimate of drug-likeness (QED) is 0.601. The van der Waals surface area contributed by atoms with Crippen molar-refractivity contribution in [2.24, 2.45) is 5.92 Å². The third-order valence-electron chi connectivity index (χ3n) is 2.36. The predicted molar refractivity (Wildman–Crippen MR) is 58.1 cm³/mol. The van der Waals surface area contributed by atoms with Crippen LogP contribution in [0.2, 0.25) is 25.2 Å². The molecule has 12 heavy (non-hydrogen) atoms. The molecule has 0 aliphatic carbocycles. The molecule has 1 radical (unpaired) electrons. The molecule has 0 rings (SSSR count). The van der Waals surface area contributed by atoms with Gasteiger partial charge in [-0.2, -0.15) is 0 Å². The fourth-order valence-electron chi connectivity index (χ4n) is 1.65. The van der Waals surface area contributed by atoms with E-state index in [-0.39, 0.29) is 0 Å². The number of hydrogen-bond acceptors (Lipinski definition) is 1. The van der Waals surface area contributed by atoms with Gasteiger partial charge in [0.05, 0.1) is 8.07 Å². The molecular weight excluding hydrogens is 164 g/mol. The van der Waals surface area contributed by atoms with Gasteiger partial charge in [-0.15, -0.1) is 0 Å². The highest BCUT2D eigenvalue weighted by atomic mass is 28.3. The molecule has 1 nitrogen and oxygen atoms in total. The van der Waals surface area contributed by atoms with Gasteiger partial charge in [0, 0.05) is 13.2 Å². The van der Waals surface area contributed by atoms with E-state index in [1.165, 1.54) is 0 Å². The van der Waals surface area contributed by atoms with Crippen LogP contribution in [0.25, 0.3) is 0 Å². The normalized spacial score (nSPS) is 15.2. The second-order valence-electron chi connectivity index (χ2n) is 4.79. The van der Waals surface area contributed by atoms with E-state index in [0.29, 0.717) is 6.61 Å². The number of ether oxygens (including phenoxy) is 1. The van der Waals surface area contributed by atoms with Crippen molar-refractivity contribution in [3.8, 4) is 0 Å². The van der Waals surface area contributed by atoms with Crippen molar-refractivity contribution < 1.29 is 4.74 Å². The van der Waals surface area contributed by atoms with E-state index in [2.05, 4.69) is 40.4 Å². The first-order valence-electron chi connectivity index (χ1n) is 4.76. The average Bonchev–Trinajstić information content (AvgIpc) is 1.84. The molecule has 0 bridgehead atoms. The van der Waals surface area contributed by atoms with Gasteiger partial charge in [0.15, 0.2) is 0 Å². The molecule has 0 aromatic heterocycles. The van der Waals surface area contributed by atoms with Gasteiger partial charge in [0.2, 0.25) is 0 Å². The van der Waals surface area contributed by atoms with E-state index >= 15 is 0 Å². The molecule has 0 aromatic carbocycles. The summed E-state index contributed by atoms with van der Waals surface area (Å²) in [7, 11) is -1.04. The van der Waals surface area contributed by atoms with Crippen LogP contribution in [0, 0.1) is 12.8 Å². The van der Waals surface area contributed by atoms with Crippen LogP contribution in [0.15, 0.2) is 0 Å². The second kappa shape index (κ2) is 5.03. The summed E-state index contributed by atoms with van der Waals surface area (Å²) in [6, 6.07) is 0. The molecule has 0 aliphatic rings. The minimum Gasteiger partial charge on any atom is -0.381 e. The van der Waals surface area contributed by atoms with Crippen LogP contribution in [0.3, 0.4) is 0 Å². The van der Waals surface area contributed by atoms with Crippen LogP contribution < -0.4 is 0 Å². The highest BCUT2D eigenvalue weighted by Crippen LogP contribution is 2.29. The van der Waals surface area contributed by atoms with Crippen LogP contribution in [0.5, 0.6) is 0 Å². The highest BCUT2D eigenvalue weighted by molar-refractivity contribution is 6.77. The van der Waals surface area contributed by atoms with Gasteiger partial charge < -0.3 is 4.74 Å². The molecule has 73 valence electrons. The third kappa shape index (κ3) is 4.26. The predicted octanol–water partition coefficient (Wildman–Crippen LogP) is 3.20. The molecule has 0 aliphatic heterocycles. The lowest BCUT2D eigenvalue weighted by Crippen LogP contribution is -2.34. The number of hydrogen-bond donors (Lipinski definition) is 0. The molecule has 0 heterocycles. The van der Waals surface area contributed by atoms with Gasteiger partial charge in [-0.1, -0.05) is 33.5 Å². The summed E-state index contributed by atoms with van der Waals surface area (Å²) >= 11 is 0. The minimum absolute atomic E-state index is 0.605. The Balaban J connectivity index is 4.05. The molecule has 0 saturated carbocycles. The Morgan fingerprint density at radius 3 is 2.00 bits per heavy atom. The monoisotopic (exact) mass is 187 g/mol. The molecule has 0 aromatic rings. The zero-order chi connectivity index (χ0) is 9.78. The molecule has 1 unspecified atom stereocenters. The zero-order valence-corrected chi connectivity index (χ0v) is 10.2. The summed E-state index contributed by atoms with van der Waals surface area (Å²) in [6.07, 6.45) is 0. The zero-order valence-electron chi connectivity index (χ0n) is 9.18. The van der Waals surface area contributed by atoms with E-state index in [1.807, 2.05) is 0 Å². The molecule has 0 spiro atoms. The Morgan fingerprint density at radius 1 is 1.25 bits per heavy atom. The first-order chi connectivity index (χ1) is 5.39. The van der Waals surface area contributed by atoms with Crippen LogP contribution in [0.4, 0.5) is 0 Å². The van der Waals surface area contributed by atoms with E-state index in [1.54, 1.807) is 0 Å². The summed E-state index contributed by atoms with van der Waals surface area (Å²) in [4.78, 5) is 0. The SMILES string of the molecule is [CH2]COCC(C(C)C)[Si](C)(C)C. The fraction of sp³-hybridized carbons (Fsp3) is 0.900. The first kappa shape index (κ1) is 12.2. The fourth-order valence-corrected chi connectivity index (χ4v) is 4.27. The van der Waals surface area contributed by atoms with Crippen molar-refractivity contribution in [3.63, 3.8) is 0 Å². The Morgan fingerprint density at radius 2 is 1.75 bits per heavy atom. The van der Waals surface area contributed by atoms with Gasteiger partial charge in [-0.05, 0) is 18.4 Å². The van der Waals surface area contributed by atoms with Crippen molar-refractivity contribution in [2.45, 2.75) is 39.0 Å². The third-order valence-corrected chi connectivity index (χ3v) is 5.42. The largest absolute Gasteiger partial charge is 0.381 e. The maximum Gasteiger partial charge on any atom is 0.0503 e. The van der Waals surface area contributed by atoms with Gasteiger partial charge >= 0.3 is 0 Å². The van der Waals surface area contributed by atoms with Crippen LogP contribution in [0.1, 0.15) is 13.8 Å².